The number of nitrogens with zero attached hydrogens (tertiary/aromatic N) is 2. The van der Waals surface area contributed by atoms with E-state index < -0.39 is 17.7 Å². The van der Waals surface area contributed by atoms with Gasteiger partial charge in [0.15, 0.2) is 11.5 Å². The maximum absolute atomic E-state index is 13.4. The first-order valence-corrected chi connectivity index (χ1v) is 12.0. The highest BCUT2D eigenvalue weighted by Crippen LogP contribution is 2.42. The van der Waals surface area contributed by atoms with E-state index in [1.807, 2.05) is 45.8 Å². The molecule has 1 fully saturated rings. The summed E-state index contributed by atoms with van der Waals surface area (Å²) in [4.78, 5) is 30.0. The molecule has 0 aliphatic carbocycles. The van der Waals surface area contributed by atoms with Crippen LogP contribution in [0.2, 0.25) is 0 Å². The van der Waals surface area contributed by atoms with Crippen molar-refractivity contribution in [1.82, 2.24) is 9.80 Å². The monoisotopic (exact) mass is 496 g/mol. The Morgan fingerprint density at radius 3 is 2.31 bits per heavy atom. The van der Waals surface area contributed by atoms with E-state index in [0.717, 1.165) is 17.5 Å². The van der Waals surface area contributed by atoms with Crippen molar-refractivity contribution >= 4 is 17.4 Å². The van der Waals surface area contributed by atoms with Gasteiger partial charge in [-0.2, -0.15) is 0 Å². The molecule has 0 spiro atoms. The Hall–Kier alpha value is -3.52. The van der Waals surface area contributed by atoms with E-state index in [4.69, 9.17) is 14.2 Å². The van der Waals surface area contributed by atoms with Gasteiger partial charge in [-0.15, -0.1) is 0 Å². The van der Waals surface area contributed by atoms with Crippen LogP contribution in [0.1, 0.15) is 41.6 Å². The molecule has 0 bridgehead atoms. The van der Waals surface area contributed by atoms with Crippen LogP contribution in [0.3, 0.4) is 0 Å². The third kappa shape index (κ3) is 5.33. The summed E-state index contributed by atoms with van der Waals surface area (Å²) in [6.45, 7) is 7.06. The van der Waals surface area contributed by atoms with Gasteiger partial charge in [-0.25, -0.2) is 0 Å². The lowest BCUT2D eigenvalue weighted by atomic mass is 9.93. The molecule has 1 aliphatic rings. The van der Waals surface area contributed by atoms with Crippen molar-refractivity contribution in [1.29, 1.82) is 0 Å². The Kier molecular flexibility index (Phi) is 8.63. The lowest BCUT2D eigenvalue weighted by molar-refractivity contribution is -0.140. The van der Waals surface area contributed by atoms with Crippen LogP contribution in [-0.4, -0.2) is 74.6 Å². The van der Waals surface area contributed by atoms with Crippen LogP contribution in [0, 0.1) is 13.8 Å². The maximum Gasteiger partial charge on any atom is 0.295 e. The predicted molar refractivity (Wildman–Crippen MR) is 139 cm³/mol. The molecular weight excluding hydrogens is 460 g/mol. The fraction of sp³-hybridized carbons (Fsp3) is 0.429. The molecule has 1 unspecified atom stereocenters. The molecule has 194 valence electrons. The molecule has 3 rings (SSSR count). The molecule has 1 atom stereocenters. The molecule has 1 amide bonds. The van der Waals surface area contributed by atoms with Crippen molar-refractivity contribution in [3.8, 4) is 17.2 Å². The third-order valence-electron chi connectivity index (χ3n) is 6.29. The molecule has 1 heterocycles. The number of methoxy groups -OCH3 is 2. The fourth-order valence-electron chi connectivity index (χ4n) is 4.36. The lowest BCUT2D eigenvalue weighted by Crippen LogP contribution is -2.35. The summed E-state index contributed by atoms with van der Waals surface area (Å²) in [5, 5.41) is 11.5. The number of aryl methyl sites for hydroxylation is 2. The molecule has 2 aromatic carbocycles. The van der Waals surface area contributed by atoms with Crippen molar-refractivity contribution in [3.05, 3.63) is 58.2 Å². The summed E-state index contributed by atoms with van der Waals surface area (Å²) in [5.41, 5.74) is 2.74. The van der Waals surface area contributed by atoms with Crippen molar-refractivity contribution in [2.75, 3.05) is 48.0 Å². The van der Waals surface area contributed by atoms with Crippen LogP contribution in [0.4, 0.5) is 0 Å². The average Bonchev–Trinajstić information content (AvgIpc) is 3.11. The maximum atomic E-state index is 13.4. The van der Waals surface area contributed by atoms with E-state index in [-0.39, 0.29) is 11.3 Å². The van der Waals surface area contributed by atoms with Crippen molar-refractivity contribution < 1.29 is 28.9 Å². The van der Waals surface area contributed by atoms with E-state index in [1.54, 1.807) is 38.5 Å². The SMILES string of the molecule is CCCOc1cc(C2/C(=C(\O)c3cc(C)c(OC)cc3C)C(=O)C(=O)N2CCN(C)C)ccc1OC. The highest BCUT2D eigenvalue weighted by atomic mass is 16.5. The zero-order chi connectivity index (χ0) is 26.6. The first-order valence-electron chi connectivity index (χ1n) is 12.0. The quantitative estimate of drug-likeness (QED) is 0.301. The average molecular weight is 497 g/mol. The Morgan fingerprint density at radius 2 is 1.69 bits per heavy atom. The highest BCUT2D eigenvalue weighted by molar-refractivity contribution is 6.46. The van der Waals surface area contributed by atoms with Crippen molar-refractivity contribution in [2.45, 2.75) is 33.2 Å². The minimum atomic E-state index is -0.776. The number of amides is 1. The summed E-state index contributed by atoms with van der Waals surface area (Å²) in [6, 6.07) is 8.16. The number of hydrogen-bond acceptors (Lipinski definition) is 7. The number of ketones is 1. The Morgan fingerprint density at radius 1 is 1.00 bits per heavy atom. The second-order valence-electron chi connectivity index (χ2n) is 9.19. The van der Waals surface area contributed by atoms with Gasteiger partial charge >= 0.3 is 0 Å². The highest BCUT2D eigenvalue weighted by Gasteiger charge is 2.46. The summed E-state index contributed by atoms with van der Waals surface area (Å²) in [6.07, 6.45) is 0.810. The normalized spacial score (nSPS) is 17.1. The van der Waals surface area contributed by atoms with Crippen LogP contribution in [-0.2, 0) is 9.59 Å². The van der Waals surface area contributed by atoms with E-state index in [1.165, 1.54) is 4.90 Å². The molecule has 36 heavy (non-hydrogen) atoms. The number of ether oxygens (including phenoxy) is 3. The van der Waals surface area contributed by atoms with Crippen LogP contribution >= 0.6 is 0 Å². The van der Waals surface area contributed by atoms with Gasteiger partial charge in [0.2, 0.25) is 0 Å². The molecule has 1 N–H and O–H groups in total. The molecule has 0 radical (unpaired) electrons. The minimum Gasteiger partial charge on any atom is -0.507 e. The summed E-state index contributed by atoms with van der Waals surface area (Å²) in [7, 11) is 6.95. The molecule has 8 nitrogen and oxygen atoms in total. The zero-order valence-corrected chi connectivity index (χ0v) is 22.2. The number of aliphatic hydroxyl groups excluding tert-OH is 1. The number of Topliss-reactive ketones (excluding diaryl/α,β-unsaturated/α-hetero) is 1. The first kappa shape index (κ1) is 27.1. The largest absolute Gasteiger partial charge is 0.507 e. The van der Waals surface area contributed by atoms with E-state index in [9.17, 15) is 14.7 Å². The minimum absolute atomic E-state index is 0.0537. The van der Waals surface area contributed by atoms with Crippen molar-refractivity contribution in [2.24, 2.45) is 0 Å². The Balaban J connectivity index is 2.22. The lowest BCUT2D eigenvalue weighted by Gasteiger charge is -2.27. The summed E-state index contributed by atoms with van der Waals surface area (Å²) in [5.74, 6) is 0.195. The number of hydrogen-bond donors (Lipinski definition) is 1. The summed E-state index contributed by atoms with van der Waals surface area (Å²) >= 11 is 0. The van der Waals surface area contributed by atoms with Gasteiger partial charge in [-0.05, 0) is 75.3 Å². The topological polar surface area (TPSA) is 88.5 Å². The van der Waals surface area contributed by atoms with Gasteiger partial charge in [0.05, 0.1) is 32.4 Å². The number of likely N-dealkylation sites (N-methyl/N-ethyl adjacent to an activating group) is 1. The van der Waals surface area contributed by atoms with Crippen molar-refractivity contribution in [3.63, 3.8) is 0 Å². The second-order valence-corrected chi connectivity index (χ2v) is 9.19. The van der Waals surface area contributed by atoms with Crippen LogP contribution in [0.15, 0.2) is 35.9 Å². The van der Waals surface area contributed by atoms with Crippen LogP contribution < -0.4 is 14.2 Å². The summed E-state index contributed by atoms with van der Waals surface area (Å²) < 4.78 is 16.7. The fourth-order valence-corrected chi connectivity index (χ4v) is 4.36. The van der Waals surface area contributed by atoms with Gasteiger partial charge in [0, 0.05) is 18.7 Å². The number of aliphatic hydroxyl groups is 1. The van der Waals surface area contributed by atoms with Crippen LogP contribution in [0.25, 0.3) is 5.76 Å². The predicted octanol–water partition coefficient (Wildman–Crippen LogP) is 4.09. The molecule has 8 heteroatoms. The number of benzene rings is 2. The Bertz CT molecular complexity index is 1170. The van der Waals surface area contributed by atoms with Gasteiger partial charge in [-0.3, -0.25) is 9.59 Å². The molecule has 2 aromatic rings. The standard InChI is InChI=1S/C28H36N2O6/c1-8-13-36-23-16-19(9-10-21(23)34-6)25-24(27(32)28(33)30(25)12-11-29(4)5)26(31)20-14-18(3)22(35-7)15-17(20)2/h9-10,14-16,25,31H,8,11-13H2,1-7H3/b26-24+. The molecule has 1 saturated heterocycles. The number of carbonyl (C=O) groups is 2. The third-order valence-corrected chi connectivity index (χ3v) is 6.29. The van der Waals surface area contributed by atoms with Gasteiger partial charge in [-0.1, -0.05) is 13.0 Å². The molecular formula is C28H36N2O6. The first-order chi connectivity index (χ1) is 17.1. The zero-order valence-electron chi connectivity index (χ0n) is 22.2. The smallest absolute Gasteiger partial charge is 0.295 e. The van der Waals surface area contributed by atoms with E-state index in [0.29, 0.717) is 48.1 Å². The second kappa shape index (κ2) is 11.5. The number of rotatable bonds is 10. The molecule has 1 aliphatic heterocycles. The van der Waals surface area contributed by atoms with Gasteiger partial charge < -0.3 is 29.1 Å². The van der Waals surface area contributed by atoms with Gasteiger partial charge in [0.25, 0.3) is 11.7 Å². The van der Waals surface area contributed by atoms with Gasteiger partial charge in [0.1, 0.15) is 11.5 Å². The number of carbonyl (C=O) groups excluding carboxylic acids is 2. The van der Waals surface area contributed by atoms with E-state index in [2.05, 4.69) is 0 Å². The van der Waals surface area contributed by atoms with Crippen LogP contribution in [0.5, 0.6) is 17.2 Å². The van der Waals surface area contributed by atoms with E-state index >= 15 is 0 Å². The molecule has 0 aromatic heterocycles. The number of likely N-dealkylation sites (tertiary alicyclic amines) is 1. The Labute approximate surface area is 213 Å². The molecule has 0 saturated carbocycles.